The molecule has 14 heavy (non-hydrogen) atoms. The third-order valence-corrected chi connectivity index (χ3v) is 2.69. The number of hydrogen-bond donors (Lipinski definition) is 2. The van der Waals surface area contributed by atoms with Crippen molar-refractivity contribution in [2.75, 3.05) is 18.4 Å². The summed E-state index contributed by atoms with van der Waals surface area (Å²) in [6, 6.07) is 2.28. The van der Waals surface area contributed by atoms with Crippen LogP contribution in [0.2, 0.25) is 0 Å². The summed E-state index contributed by atoms with van der Waals surface area (Å²) in [6.07, 6.45) is 4.14. The molecule has 0 aromatic carbocycles. The van der Waals surface area contributed by atoms with Gasteiger partial charge in [0.05, 0.1) is 0 Å². The highest BCUT2D eigenvalue weighted by Crippen LogP contribution is 2.10. The minimum Gasteiger partial charge on any atom is -0.350 e. The van der Waals surface area contributed by atoms with Crippen molar-refractivity contribution >= 4 is 21.9 Å². The lowest BCUT2D eigenvalue weighted by atomic mass is 10.1. The number of rotatable bonds is 2. The molecule has 1 aromatic rings. The van der Waals surface area contributed by atoms with Crippen molar-refractivity contribution in [2.24, 2.45) is 0 Å². The molecule has 1 atom stereocenters. The lowest BCUT2D eigenvalue weighted by molar-refractivity contribution is 0.478. The second-order valence-corrected chi connectivity index (χ2v) is 4.20. The molecule has 5 heteroatoms. The van der Waals surface area contributed by atoms with Crippen molar-refractivity contribution in [3.8, 4) is 0 Å². The van der Waals surface area contributed by atoms with Crippen molar-refractivity contribution in [1.29, 1.82) is 0 Å². The molecule has 1 unspecified atom stereocenters. The van der Waals surface area contributed by atoms with E-state index >= 15 is 0 Å². The number of anilines is 1. The molecule has 1 aliphatic rings. The normalized spacial score (nSPS) is 21.9. The summed E-state index contributed by atoms with van der Waals surface area (Å²) < 4.78 is 0.818. The summed E-state index contributed by atoms with van der Waals surface area (Å²) in [4.78, 5) is 8.39. The molecule has 0 bridgehead atoms. The molecule has 2 N–H and O–H groups in total. The first-order chi connectivity index (χ1) is 6.84. The molecule has 4 nitrogen and oxygen atoms in total. The largest absolute Gasteiger partial charge is 0.350 e. The molecular formula is C9H13BrN4. The third kappa shape index (κ3) is 2.65. The van der Waals surface area contributed by atoms with Crippen molar-refractivity contribution in [3.05, 3.63) is 16.9 Å². The molecule has 0 aliphatic carbocycles. The highest BCUT2D eigenvalue weighted by Gasteiger charge is 2.13. The minimum absolute atomic E-state index is 0.457. The summed E-state index contributed by atoms with van der Waals surface area (Å²) >= 11 is 3.32. The Morgan fingerprint density at radius 3 is 3.21 bits per heavy atom. The maximum absolute atomic E-state index is 4.23. The van der Waals surface area contributed by atoms with Crippen LogP contribution in [0.15, 0.2) is 16.9 Å². The fraction of sp³-hybridized carbons (Fsp3) is 0.556. The van der Waals surface area contributed by atoms with Crippen molar-refractivity contribution in [3.63, 3.8) is 0 Å². The molecule has 0 spiro atoms. The Kier molecular flexibility index (Phi) is 3.31. The number of nitrogens with one attached hydrogen (secondary N) is 2. The second-order valence-electron chi connectivity index (χ2n) is 3.39. The van der Waals surface area contributed by atoms with Crippen LogP contribution in [-0.4, -0.2) is 29.1 Å². The van der Waals surface area contributed by atoms with E-state index in [1.807, 2.05) is 6.07 Å². The van der Waals surface area contributed by atoms with Gasteiger partial charge in [-0.15, -0.1) is 0 Å². The average molecular weight is 257 g/mol. The Labute approximate surface area is 91.7 Å². The quantitative estimate of drug-likeness (QED) is 0.786. The predicted octanol–water partition coefficient (Wildman–Crippen LogP) is 1.40. The number of piperidine rings is 1. The summed E-state index contributed by atoms with van der Waals surface area (Å²) in [5, 5.41) is 6.65. The van der Waals surface area contributed by atoms with E-state index in [9.17, 15) is 0 Å². The molecule has 1 aliphatic heterocycles. The van der Waals surface area contributed by atoms with E-state index in [0.29, 0.717) is 12.0 Å². The minimum atomic E-state index is 0.457. The standard InChI is InChI=1S/C9H13BrN4/c10-8-3-5-12-9(14-8)13-7-2-1-4-11-6-7/h3,5,7,11H,1-2,4,6H2,(H,12,13,14). The number of halogens is 1. The van der Waals surface area contributed by atoms with Gasteiger partial charge in [0, 0.05) is 18.8 Å². The number of nitrogens with zero attached hydrogens (tertiary/aromatic N) is 2. The van der Waals surface area contributed by atoms with E-state index in [1.54, 1.807) is 6.20 Å². The van der Waals surface area contributed by atoms with E-state index in [4.69, 9.17) is 0 Å². The SMILES string of the molecule is Brc1ccnc(NC2CCCNC2)n1. The monoisotopic (exact) mass is 256 g/mol. The van der Waals surface area contributed by atoms with Crippen LogP contribution in [0, 0.1) is 0 Å². The van der Waals surface area contributed by atoms with Gasteiger partial charge in [-0.2, -0.15) is 0 Å². The van der Waals surface area contributed by atoms with Gasteiger partial charge < -0.3 is 10.6 Å². The van der Waals surface area contributed by atoms with Crippen LogP contribution in [0.4, 0.5) is 5.95 Å². The van der Waals surface area contributed by atoms with Crippen LogP contribution >= 0.6 is 15.9 Å². The molecule has 0 radical (unpaired) electrons. The van der Waals surface area contributed by atoms with E-state index < -0.39 is 0 Å². The van der Waals surface area contributed by atoms with Gasteiger partial charge in [-0.1, -0.05) is 0 Å². The molecule has 2 rings (SSSR count). The second kappa shape index (κ2) is 4.70. The molecule has 1 saturated heterocycles. The maximum atomic E-state index is 4.23. The van der Waals surface area contributed by atoms with Crippen molar-refractivity contribution in [1.82, 2.24) is 15.3 Å². The van der Waals surface area contributed by atoms with Crippen LogP contribution in [-0.2, 0) is 0 Å². The Morgan fingerprint density at radius 1 is 1.57 bits per heavy atom. The van der Waals surface area contributed by atoms with Crippen LogP contribution < -0.4 is 10.6 Å². The topological polar surface area (TPSA) is 49.8 Å². The van der Waals surface area contributed by atoms with Crippen molar-refractivity contribution in [2.45, 2.75) is 18.9 Å². The van der Waals surface area contributed by atoms with Gasteiger partial charge in [-0.3, -0.25) is 0 Å². The Morgan fingerprint density at radius 2 is 2.50 bits per heavy atom. The Balaban J connectivity index is 1.95. The molecular weight excluding hydrogens is 244 g/mol. The predicted molar refractivity (Wildman–Crippen MR) is 59.2 cm³/mol. The summed E-state index contributed by atoms with van der Waals surface area (Å²) in [5.41, 5.74) is 0. The van der Waals surface area contributed by atoms with Crippen LogP contribution in [0.25, 0.3) is 0 Å². The molecule has 0 amide bonds. The van der Waals surface area contributed by atoms with Crippen LogP contribution in [0.1, 0.15) is 12.8 Å². The number of hydrogen-bond acceptors (Lipinski definition) is 4. The molecule has 1 fully saturated rings. The van der Waals surface area contributed by atoms with Gasteiger partial charge in [-0.05, 0) is 41.4 Å². The summed E-state index contributed by atoms with van der Waals surface area (Å²) in [6.45, 7) is 2.12. The van der Waals surface area contributed by atoms with Gasteiger partial charge in [0.25, 0.3) is 0 Å². The average Bonchev–Trinajstić information content (AvgIpc) is 2.19. The zero-order valence-corrected chi connectivity index (χ0v) is 9.42. The molecule has 1 aromatic heterocycles. The Hall–Kier alpha value is -0.680. The lowest BCUT2D eigenvalue weighted by Crippen LogP contribution is -2.38. The number of aromatic nitrogens is 2. The van der Waals surface area contributed by atoms with Gasteiger partial charge in [0.1, 0.15) is 4.60 Å². The van der Waals surface area contributed by atoms with Crippen LogP contribution in [0.5, 0.6) is 0 Å². The zero-order chi connectivity index (χ0) is 9.80. The summed E-state index contributed by atoms with van der Waals surface area (Å²) in [7, 11) is 0. The van der Waals surface area contributed by atoms with Gasteiger partial charge in [0.2, 0.25) is 5.95 Å². The molecule has 2 heterocycles. The van der Waals surface area contributed by atoms with Gasteiger partial charge in [-0.25, -0.2) is 9.97 Å². The summed E-state index contributed by atoms with van der Waals surface area (Å²) in [5.74, 6) is 0.702. The smallest absolute Gasteiger partial charge is 0.223 e. The van der Waals surface area contributed by atoms with E-state index in [2.05, 4.69) is 36.5 Å². The first-order valence-electron chi connectivity index (χ1n) is 4.80. The van der Waals surface area contributed by atoms with Crippen molar-refractivity contribution < 1.29 is 0 Å². The first kappa shape index (κ1) is 9.86. The van der Waals surface area contributed by atoms with E-state index in [1.165, 1.54) is 12.8 Å². The van der Waals surface area contributed by atoms with Gasteiger partial charge in [0.15, 0.2) is 0 Å². The highest BCUT2D eigenvalue weighted by atomic mass is 79.9. The highest BCUT2D eigenvalue weighted by molar-refractivity contribution is 9.10. The fourth-order valence-electron chi connectivity index (χ4n) is 1.56. The fourth-order valence-corrected chi connectivity index (χ4v) is 1.85. The molecule has 0 saturated carbocycles. The molecule has 76 valence electrons. The van der Waals surface area contributed by atoms with Gasteiger partial charge >= 0.3 is 0 Å². The first-order valence-corrected chi connectivity index (χ1v) is 5.60. The van der Waals surface area contributed by atoms with E-state index in [0.717, 1.165) is 17.7 Å². The third-order valence-electron chi connectivity index (χ3n) is 2.25. The lowest BCUT2D eigenvalue weighted by Gasteiger charge is -2.23. The maximum Gasteiger partial charge on any atom is 0.223 e. The van der Waals surface area contributed by atoms with Crippen LogP contribution in [0.3, 0.4) is 0 Å². The Bertz CT molecular complexity index is 299. The zero-order valence-electron chi connectivity index (χ0n) is 7.83. The van der Waals surface area contributed by atoms with E-state index in [-0.39, 0.29) is 0 Å².